The van der Waals surface area contributed by atoms with E-state index in [9.17, 15) is 9.18 Å². The fraction of sp³-hybridized carbons (Fsp3) is 0.400. The second-order valence-electron chi connectivity index (χ2n) is 7.33. The number of piperazine rings is 1. The Morgan fingerprint density at radius 1 is 1.10 bits per heavy atom. The van der Waals surface area contributed by atoms with Gasteiger partial charge in [-0.3, -0.25) is 9.69 Å². The van der Waals surface area contributed by atoms with E-state index in [0.29, 0.717) is 37.8 Å². The molecule has 9 heteroatoms. The number of halogens is 1. The summed E-state index contributed by atoms with van der Waals surface area (Å²) in [4.78, 5) is 16.6. The molecule has 1 aliphatic heterocycles. The molecule has 29 heavy (non-hydrogen) atoms. The second-order valence-corrected chi connectivity index (χ2v) is 7.33. The lowest BCUT2D eigenvalue weighted by Gasteiger charge is -2.38. The van der Waals surface area contributed by atoms with Crippen molar-refractivity contribution in [2.24, 2.45) is 0 Å². The van der Waals surface area contributed by atoms with E-state index >= 15 is 0 Å². The molecule has 0 aliphatic carbocycles. The number of hydrogen-bond donors (Lipinski definition) is 0. The first-order valence-electron chi connectivity index (χ1n) is 9.64. The third kappa shape index (κ3) is 3.91. The van der Waals surface area contributed by atoms with Gasteiger partial charge >= 0.3 is 0 Å². The summed E-state index contributed by atoms with van der Waals surface area (Å²) in [5, 5.41) is 12.3. The van der Waals surface area contributed by atoms with Gasteiger partial charge in [0.2, 0.25) is 0 Å². The molecule has 0 spiro atoms. The van der Waals surface area contributed by atoms with Crippen molar-refractivity contribution in [2.45, 2.75) is 25.9 Å². The van der Waals surface area contributed by atoms with Gasteiger partial charge in [-0.25, -0.2) is 9.07 Å². The predicted octanol–water partition coefficient (Wildman–Crippen LogP) is 2.53. The molecule has 0 saturated carbocycles. The van der Waals surface area contributed by atoms with E-state index in [4.69, 9.17) is 4.42 Å². The average Bonchev–Trinajstić information content (AvgIpc) is 3.42. The highest BCUT2D eigenvalue weighted by atomic mass is 19.1. The summed E-state index contributed by atoms with van der Waals surface area (Å²) in [5.74, 6) is 0.652. The molecule has 3 aromatic rings. The van der Waals surface area contributed by atoms with Gasteiger partial charge in [-0.2, -0.15) is 0 Å². The van der Waals surface area contributed by atoms with Crippen molar-refractivity contribution in [2.75, 3.05) is 26.2 Å². The third-order valence-electron chi connectivity index (χ3n) is 5.14. The van der Waals surface area contributed by atoms with Crippen molar-refractivity contribution < 1.29 is 13.6 Å². The summed E-state index contributed by atoms with van der Waals surface area (Å²) < 4.78 is 20.5. The fourth-order valence-electron chi connectivity index (χ4n) is 3.66. The zero-order valence-corrected chi connectivity index (χ0v) is 16.4. The monoisotopic (exact) mass is 398 g/mol. The standard InChI is InChI=1S/C20H23FN6O2/c1-14(2)27-19(22-23-24-27)18(15-5-7-16(21)8-6-15)25-9-11-26(12-10-25)20(28)17-4-3-13-29-17/h3-8,13-14,18H,9-12H2,1-2H3. The van der Waals surface area contributed by atoms with Crippen LogP contribution in [-0.4, -0.2) is 62.1 Å². The molecule has 1 fully saturated rings. The van der Waals surface area contributed by atoms with Crippen molar-refractivity contribution in [3.8, 4) is 0 Å². The van der Waals surface area contributed by atoms with Crippen LogP contribution in [0.15, 0.2) is 47.1 Å². The highest BCUT2D eigenvalue weighted by Crippen LogP contribution is 2.29. The fourth-order valence-corrected chi connectivity index (χ4v) is 3.66. The number of tetrazole rings is 1. The van der Waals surface area contributed by atoms with Crippen LogP contribution < -0.4 is 0 Å². The number of carbonyl (C=O) groups is 1. The number of hydrogen-bond acceptors (Lipinski definition) is 6. The van der Waals surface area contributed by atoms with Crippen LogP contribution in [-0.2, 0) is 0 Å². The minimum atomic E-state index is -0.287. The van der Waals surface area contributed by atoms with Gasteiger partial charge in [0, 0.05) is 26.2 Å². The van der Waals surface area contributed by atoms with Crippen molar-refractivity contribution in [3.63, 3.8) is 0 Å². The molecule has 0 radical (unpaired) electrons. The quantitative estimate of drug-likeness (QED) is 0.657. The molecule has 8 nitrogen and oxygen atoms in total. The molecule has 4 rings (SSSR count). The van der Waals surface area contributed by atoms with E-state index < -0.39 is 0 Å². The summed E-state index contributed by atoms with van der Waals surface area (Å²) in [6, 6.07) is 9.66. The molecule has 1 atom stereocenters. The molecule has 2 aromatic heterocycles. The van der Waals surface area contributed by atoms with Gasteiger partial charge in [0.05, 0.1) is 18.3 Å². The van der Waals surface area contributed by atoms with E-state index in [1.807, 2.05) is 13.8 Å². The minimum absolute atomic E-state index is 0.0877. The van der Waals surface area contributed by atoms with E-state index in [1.165, 1.54) is 18.4 Å². The Bertz CT molecular complexity index is 946. The largest absolute Gasteiger partial charge is 0.459 e. The zero-order chi connectivity index (χ0) is 20.4. The number of aromatic nitrogens is 4. The third-order valence-corrected chi connectivity index (χ3v) is 5.14. The highest BCUT2D eigenvalue weighted by Gasteiger charge is 2.32. The van der Waals surface area contributed by atoms with Gasteiger partial charge in [0.1, 0.15) is 5.82 Å². The van der Waals surface area contributed by atoms with Crippen LogP contribution in [0.3, 0.4) is 0 Å². The van der Waals surface area contributed by atoms with Crippen LogP contribution in [0, 0.1) is 5.82 Å². The summed E-state index contributed by atoms with van der Waals surface area (Å²) in [6.07, 6.45) is 1.50. The Balaban J connectivity index is 1.58. The predicted molar refractivity (Wildman–Crippen MR) is 103 cm³/mol. The number of carbonyl (C=O) groups excluding carboxylic acids is 1. The lowest BCUT2D eigenvalue weighted by molar-refractivity contribution is 0.0558. The van der Waals surface area contributed by atoms with Crippen LogP contribution in [0.25, 0.3) is 0 Å². The minimum Gasteiger partial charge on any atom is -0.459 e. The number of nitrogens with zero attached hydrogens (tertiary/aromatic N) is 6. The van der Waals surface area contributed by atoms with Gasteiger partial charge in [0.15, 0.2) is 11.6 Å². The summed E-state index contributed by atoms with van der Waals surface area (Å²) in [7, 11) is 0. The topological polar surface area (TPSA) is 80.3 Å². The molecule has 1 amide bonds. The molecule has 3 heterocycles. The Morgan fingerprint density at radius 2 is 1.83 bits per heavy atom. The van der Waals surface area contributed by atoms with E-state index in [-0.39, 0.29) is 23.8 Å². The molecule has 1 aromatic carbocycles. The summed E-state index contributed by atoms with van der Waals surface area (Å²) in [5.41, 5.74) is 0.911. The number of rotatable bonds is 5. The number of amides is 1. The molecule has 0 bridgehead atoms. The van der Waals surface area contributed by atoms with Crippen molar-refractivity contribution in [3.05, 3.63) is 65.6 Å². The molecule has 152 valence electrons. The Labute approximate surface area is 167 Å². The zero-order valence-electron chi connectivity index (χ0n) is 16.4. The van der Waals surface area contributed by atoms with Gasteiger partial charge in [-0.1, -0.05) is 12.1 Å². The molecular weight excluding hydrogens is 375 g/mol. The lowest BCUT2D eigenvalue weighted by atomic mass is 10.0. The first kappa shape index (κ1) is 19.3. The van der Waals surface area contributed by atoms with Crippen LogP contribution in [0.5, 0.6) is 0 Å². The van der Waals surface area contributed by atoms with Crippen LogP contribution in [0.2, 0.25) is 0 Å². The van der Waals surface area contributed by atoms with Crippen LogP contribution >= 0.6 is 0 Å². The SMILES string of the molecule is CC(C)n1nnnc1C(c1ccc(F)cc1)N1CCN(C(=O)c2ccco2)CC1. The Hall–Kier alpha value is -3.07. The number of furan rings is 1. The molecule has 0 N–H and O–H groups in total. The van der Waals surface area contributed by atoms with Crippen molar-refractivity contribution >= 4 is 5.91 Å². The molecular formula is C20H23FN6O2. The molecule has 1 unspecified atom stereocenters. The van der Waals surface area contributed by atoms with E-state index in [0.717, 1.165) is 5.56 Å². The second kappa shape index (κ2) is 8.12. The van der Waals surface area contributed by atoms with Crippen LogP contribution in [0.1, 0.15) is 47.9 Å². The first-order chi connectivity index (χ1) is 14.0. The lowest BCUT2D eigenvalue weighted by Crippen LogP contribution is -2.50. The van der Waals surface area contributed by atoms with Crippen molar-refractivity contribution in [1.29, 1.82) is 0 Å². The summed E-state index contributed by atoms with van der Waals surface area (Å²) in [6.45, 7) is 6.42. The maximum Gasteiger partial charge on any atom is 0.289 e. The maximum absolute atomic E-state index is 13.5. The Morgan fingerprint density at radius 3 is 2.45 bits per heavy atom. The number of benzene rings is 1. The average molecular weight is 398 g/mol. The van der Waals surface area contributed by atoms with Gasteiger partial charge < -0.3 is 9.32 Å². The highest BCUT2D eigenvalue weighted by molar-refractivity contribution is 5.91. The molecule has 1 aliphatic rings. The van der Waals surface area contributed by atoms with Crippen LogP contribution in [0.4, 0.5) is 4.39 Å². The van der Waals surface area contributed by atoms with E-state index in [2.05, 4.69) is 20.4 Å². The van der Waals surface area contributed by atoms with E-state index in [1.54, 1.807) is 33.8 Å². The van der Waals surface area contributed by atoms with Gasteiger partial charge in [-0.15, -0.1) is 5.10 Å². The normalized spacial score (nSPS) is 16.3. The van der Waals surface area contributed by atoms with Crippen molar-refractivity contribution in [1.82, 2.24) is 30.0 Å². The Kier molecular flexibility index (Phi) is 5.39. The maximum atomic E-state index is 13.5. The smallest absolute Gasteiger partial charge is 0.289 e. The molecule has 1 saturated heterocycles. The van der Waals surface area contributed by atoms with Gasteiger partial charge in [-0.05, 0) is 54.1 Å². The van der Waals surface area contributed by atoms with Gasteiger partial charge in [0.25, 0.3) is 5.91 Å². The summed E-state index contributed by atoms with van der Waals surface area (Å²) >= 11 is 0. The first-order valence-corrected chi connectivity index (χ1v) is 9.64.